The molecule has 0 aliphatic rings. The first kappa shape index (κ1) is 16.4. The number of methoxy groups -OCH3 is 1. The summed E-state index contributed by atoms with van der Waals surface area (Å²) in [5.41, 5.74) is 0. The molecule has 1 N–H and O–H groups in total. The molecule has 1 aromatic heterocycles. The number of nitrogens with one attached hydrogen (secondary N) is 1. The van der Waals surface area contributed by atoms with E-state index in [1.54, 1.807) is 22.6 Å². The van der Waals surface area contributed by atoms with Crippen LogP contribution >= 0.6 is 57.1 Å². The van der Waals surface area contributed by atoms with Gasteiger partial charge in [0.25, 0.3) is 0 Å². The molecule has 0 bridgehead atoms. The Balaban J connectivity index is 2.78. The predicted molar refractivity (Wildman–Crippen MR) is 79.4 cm³/mol. The molecule has 0 saturated heterocycles. The summed E-state index contributed by atoms with van der Waals surface area (Å²) >= 11 is 14.2. The van der Waals surface area contributed by atoms with E-state index in [1.165, 1.54) is 13.2 Å². The Kier molecular flexibility index (Phi) is 6.13. The molecule has 0 aliphatic carbocycles. The topological polar surface area (TPSA) is 72.5 Å². The largest absolute Gasteiger partial charge is 0.468 e. The maximum absolute atomic E-state index is 11.9. The van der Waals surface area contributed by atoms with Crippen LogP contribution in [-0.4, -0.2) is 32.0 Å². The molecule has 18 heavy (non-hydrogen) atoms. The number of rotatable bonds is 5. The van der Waals surface area contributed by atoms with Crippen LogP contribution in [0.25, 0.3) is 0 Å². The van der Waals surface area contributed by atoms with E-state index in [-0.39, 0.29) is 20.1 Å². The van der Waals surface area contributed by atoms with Gasteiger partial charge in [-0.2, -0.15) is 0 Å². The molecular weight excluding hydrogens is 436 g/mol. The van der Waals surface area contributed by atoms with E-state index in [1.807, 2.05) is 0 Å². The minimum atomic E-state index is -3.78. The fourth-order valence-electron chi connectivity index (χ4n) is 0.980. The van der Waals surface area contributed by atoms with Gasteiger partial charge >= 0.3 is 5.97 Å². The Morgan fingerprint density at radius 2 is 2.22 bits per heavy atom. The average molecular weight is 444 g/mol. The van der Waals surface area contributed by atoms with Gasteiger partial charge in [0.2, 0.25) is 10.0 Å². The highest BCUT2D eigenvalue weighted by molar-refractivity contribution is 14.1. The Hall–Kier alpha value is 0.390. The Bertz CT molecular complexity index is 545. The number of hydrogen-bond acceptors (Lipinski definition) is 5. The van der Waals surface area contributed by atoms with Crippen molar-refractivity contribution in [3.05, 3.63) is 14.7 Å². The zero-order valence-corrected chi connectivity index (χ0v) is 14.2. The minimum absolute atomic E-state index is 0.0792. The van der Waals surface area contributed by atoms with Crippen molar-refractivity contribution in [2.45, 2.75) is 8.82 Å². The van der Waals surface area contributed by atoms with Crippen molar-refractivity contribution >= 4 is 73.1 Å². The van der Waals surface area contributed by atoms with Gasteiger partial charge in [-0.1, -0.05) is 45.8 Å². The van der Waals surface area contributed by atoms with E-state index in [4.69, 9.17) is 23.2 Å². The van der Waals surface area contributed by atoms with Crippen molar-refractivity contribution in [2.24, 2.45) is 0 Å². The van der Waals surface area contributed by atoms with Gasteiger partial charge in [0, 0.05) is 6.54 Å². The molecule has 1 heterocycles. The first-order valence-electron chi connectivity index (χ1n) is 4.44. The number of hydrogen-bond donors (Lipinski definition) is 1. The summed E-state index contributed by atoms with van der Waals surface area (Å²) in [7, 11) is -2.54. The lowest BCUT2D eigenvalue weighted by molar-refractivity contribution is -0.139. The molecule has 1 unspecified atom stereocenters. The highest BCUT2D eigenvalue weighted by Gasteiger charge is 2.23. The van der Waals surface area contributed by atoms with Crippen molar-refractivity contribution in [1.29, 1.82) is 0 Å². The van der Waals surface area contributed by atoms with E-state index < -0.39 is 19.9 Å². The number of ether oxygens (including phenoxy) is 1. The molecule has 102 valence electrons. The third kappa shape index (κ3) is 4.20. The highest BCUT2D eigenvalue weighted by atomic mass is 127. The van der Waals surface area contributed by atoms with Gasteiger partial charge in [-0.15, -0.1) is 11.3 Å². The van der Waals surface area contributed by atoms with Crippen molar-refractivity contribution in [1.82, 2.24) is 4.72 Å². The van der Waals surface area contributed by atoms with Crippen molar-refractivity contribution in [3.63, 3.8) is 0 Å². The van der Waals surface area contributed by atoms with Gasteiger partial charge < -0.3 is 4.74 Å². The minimum Gasteiger partial charge on any atom is -0.468 e. The summed E-state index contributed by atoms with van der Waals surface area (Å²) < 4.78 is 30.3. The number of esters is 1. The molecule has 0 radical (unpaired) electrons. The van der Waals surface area contributed by atoms with E-state index in [2.05, 4.69) is 9.46 Å². The molecule has 1 atom stereocenters. The number of thiophene rings is 1. The summed E-state index contributed by atoms with van der Waals surface area (Å²) in [5.74, 6) is -0.507. The molecule has 1 rings (SSSR count). The van der Waals surface area contributed by atoms with Crippen LogP contribution in [0.4, 0.5) is 0 Å². The third-order valence-corrected chi connectivity index (χ3v) is 5.95. The average Bonchev–Trinajstić information content (AvgIpc) is 2.65. The number of carbonyl (C=O) groups excluding carboxylic acids is 1. The number of alkyl halides is 1. The number of carbonyl (C=O) groups is 1. The quantitative estimate of drug-likeness (QED) is 0.430. The number of halogens is 3. The number of sulfonamides is 1. The molecule has 1 aromatic rings. The van der Waals surface area contributed by atoms with Crippen molar-refractivity contribution < 1.29 is 17.9 Å². The molecule has 5 nitrogen and oxygen atoms in total. The maximum atomic E-state index is 11.9. The second kappa shape index (κ2) is 6.71. The van der Waals surface area contributed by atoms with E-state index >= 15 is 0 Å². The van der Waals surface area contributed by atoms with Gasteiger partial charge in [0.05, 0.1) is 11.4 Å². The first-order chi connectivity index (χ1) is 8.27. The molecule has 0 aromatic carbocycles. The van der Waals surface area contributed by atoms with Crippen LogP contribution in [0.1, 0.15) is 0 Å². The molecule has 0 spiro atoms. The SMILES string of the molecule is COC(=O)C(I)CNS(=O)(=O)c1cc(Cl)sc1Cl. The first-order valence-corrected chi connectivity index (χ1v) is 8.74. The van der Waals surface area contributed by atoms with Crippen molar-refractivity contribution in [2.75, 3.05) is 13.7 Å². The summed E-state index contributed by atoms with van der Waals surface area (Å²) in [6.45, 7) is -0.0840. The lowest BCUT2D eigenvalue weighted by Gasteiger charge is -2.09. The standard InChI is InChI=1S/C8H8Cl2INO4S2/c1-16-8(13)4(11)3-12-18(14,15)5-2-6(9)17-7(5)10/h2,4,12H,3H2,1H3. The van der Waals surface area contributed by atoms with E-state index in [9.17, 15) is 13.2 Å². The van der Waals surface area contributed by atoms with Crippen LogP contribution in [0, 0.1) is 0 Å². The predicted octanol–water partition coefficient (Wildman–Crippen LogP) is 2.31. The monoisotopic (exact) mass is 443 g/mol. The molecule has 10 heteroatoms. The Labute approximate surface area is 132 Å². The second-order valence-corrected chi connectivity index (χ2v) is 8.56. The third-order valence-electron chi connectivity index (χ3n) is 1.82. The molecular formula is C8H8Cl2INO4S2. The zero-order chi connectivity index (χ0) is 13.9. The van der Waals surface area contributed by atoms with Gasteiger partial charge in [0.15, 0.2) is 0 Å². The van der Waals surface area contributed by atoms with Gasteiger partial charge in [0.1, 0.15) is 13.2 Å². The van der Waals surface area contributed by atoms with Gasteiger partial charge in [-0.25, -0.2) is 13.1 Å². The van der Waals surface area contributed by atoms with Gasteiger partial charge in [-0.3, -0.25) is 4.79 Å². The molecule has 0 saturated carbocycles. The Morgan fingerprint density at radius 1 is 1.61 bits per heavy atom. The molecule has 0 aliphatic heterocycles. The normalized spacial score (nSPS) is 13.3. The lowest BCUT2D eigenvalue weighted by atomic mass is 10.4. The van der Waals surface area contributed by atoms with Crippen LogP contribution in [0.15, 0.2) is 11.0 Å². The zero-order valence-electron chi connectivity index (χ0n) is 8.95. The van der Waals surface area contributed by atoms with Crippen LogP contribution in [0.3, 0.4) is 0 Å². The smallest absolute Gasteiger partial charge is 0.319 e. The summed E-state index contributed by atoms with van der Waals surface area (Å²) in [6, 6.07) is 1.26. The summed E-state index contributed by atoms with van der Waals surface area (Å²) in [5, 5.41) is 0. The Morgan fingerprint density at radius 3 is 2.67 bits per heavy atom. The van der Waals surface area contributed by atoms with Crippen LogP contribution in [0.2, 0.25) is 8.67 Å². The van der Waals surface area contributed by atoms with Crippen LogP contribution in [0.5, 0.6) is 0 Å². The maximum Gasteiger partial charge on any atom is 0.319 e. The summed E-state index contributed by atoms with van der Waals surface area (Å²) in [6.07, 6.45) is 0. The summed E-state index contributed by atoms with van der Waals surface area (Å²) in [4.78, 5) is 11.0. The van der Waals surface area contributed by atoms with E-state index in [0.717, 1.165) is 11.3 Å². The van der Waals surface area contributed by atoms with E-state index in [0.29, 0.717) is 0 Å². The van der Waals surface area contributed by atoms with Gasteiger partial charge in [-0.05, 0) is 6.07 Å². The van der Waals surface area contributed by atoms with Crippen LogP contribution < -0.4 is 4.72 Å². The second-order valence-electron chi connectivity index (χ2n) is 3.03. The van der Waals surface area contributed by atoms with Crippen molar-refractivity contribution in [3.8, 4) is 0 Å². The lowest BCUT2D eigenvalue weighted by Crippen LogP contribution is -2.33. The molecule has 0 fully saturated rings. The fraction of sp³-hybridized carbons (Fsp3) is 0.375. The highest BCUT2D eigenvalue weighted by Crippen LogP contribution is 2.34. The fourth-order valence-corrected chi connectivity index (χ4v) is 4.95. The molecule has 0 amide bonds. The van der Waals surface area contributed by atoms with Crippen LogP contribution in [-0.2, 0) is 19.6 Å².